The summed E-state index contributed by atoms with van der Waals surface area (Å²) >= 11 is 0. The van der Waals surface area contributed by atoms with Crippen molar-refractivity contribution in [1.82, 2.24) is 20.3 Å². The van der Waals surface area contributed by atoms with E-state index in [1.165, 1.54) is 17.9 Å². The van der Waals surface area contributed by atoms with Crippen LogP contribution in [-0.4, -0.2) is 58.8 Å². The molecule has 1 aromatic carbocycles. The first-order valence-electron chi connectivity index (χ1n) is 9.13. The van der Waals surface area contributed by atoms with Crippen LogP contribution in [0.3, 0.4) is 0 Å². The number of halogens is 1. The summed E-state index contributed by atoms with van der Waals surface area (Å²) in [6.45, 7) is 3.39. The molecule has 1 N–H and O–H groups in total. The van der Waals surface area contributed by atoms with Crippen LogP contribution in [0.2, 0.25) is 0 Å². The number of carbonyl (C=O) groups excluding carboxylic acids is 2. The molecule has 2 saturated heterocycles. The van der Waals surface area contributed by atoms with Crippen LogP contribution in [0.5, 0.6) is 0 Å². The van der Waals surface area contributed by atoms with Gasteiger partial charge in [0, 0.05) is 32.3 Å². The Hall–Kier alpha value is -3.17. The predicted molar refractivity (Wildman–Crippen MR) is 98.5 cm³/mol. The molecule has 0 spiro atoms. The summed E-state index contributed by atoms with van der Waals surface area (Å²) in [5.41, 5.74) is 0.910. The van der Waals surface area contributed by atoms with Crippen LogP contribution in [0.25, 0.3) is 0 Å². The van der Waals surface area contributed by atoms with Gasteiger partial charge in [-0.3, -0.25) is 9.69 Å². The van der Waals surface area contributed by atoms with E-state index >= 15 is 0 Å². The molecule has 2 aromatic rings. The molecular weight excluding hydrogens is 367 g/mol. The van der Waals surface area contributed by atoms with Crippen LogP contribution in [0.1, 0.15) is 13.3 Å². The van der Waals surface area contributed by atoms with Crippen LogP contribution in [-0.2, 0) is 16.1 Å². The number of aromatic nitrogens is 3. The lowest BCUT2D eigenvalue weighted by molar-refractivity contribution is -0.119. The number of nitrogens with zero attached hydrogens (tertiary/aromatic N) is 5. The van der Waals surface area contributed by atoms with Gasteiger partial charge in [-0.25, -0.2) is 13.9 Å². The average molecular weight is 388 g/mol. The van der Waals surface area contributed by atoms with Crippen molar-refractivity contribution in [3.63, 3.8) is 0 Å². The maximum atomic E-state index is 14.7. The molecule has 1 aromatic heterocycles. The first-order valence-corrected chi connectivity index (χ1v) is 9.13. The number of carbonyl (C=O) groups is 2. The highest BCUT2D eigenvalue weighted by molar-refractivity contribution is 5.90. The topological polar surface area (TPSA) is 92.6 Å². The molecule has 2 fully saturated rings. The number of nitrogens with one attached hydrogen (secondary N) is 1. The van der Waals surface area contributed by atoms with Crippen LogP contribution >= 0.6 is 0 Å². The summed E-state index contributed by atoms with van der Waals surface area (Å²) < 4.78 is 21.7. The fraction of sp³-hybridized carbons (Fsp3) is 0.444. The minimum absolute atomic E-state index is 0.0164. The van der Waals surface area contributed by atoms with Gasteiger partial charge in [-0.2, -0.15) is 0 Å². The Labute approximate surface area is 161 Å². The summed E-state index contributed by atoms with van der Waals surface area (Å²) in [5, 5.41) is 10.4. The van der Waals surface area contributed by atoms with E-state index in [4.69, 9.17) is 4.74 Å². The van der Waals surface area contributed by atoms with Crippen molar-refractivity contribution in [3.05, 3.63) is 36.4 Å². The molecule has 0 bridgehead atoms. The second-order valence-corrected chi connectivity index (χ2v) is 7.01. The highest BCUT2D eigenvalue weighted by atomic mass is 19.1. The predicted octanol–water partition coefficient (Wildman–Crippen LogP) is 1.16. The molecular formula is C18H21FN6O3. The van der Waals surface area contributed by atoms with Crippen molar-refractivity contribution in [2.75, 3.05) is 29.4 Å². The van der Waals surface area contributed by atoms with E-state index in [9.17, 15) is 14.0 Å². The van der Waals surface area contributed by atoms with Crippen molar-refractivity contribution in [2.24, 2.45) is 0 Å². The number of amides is 2. The number of cyclic esters (lactones) is 1. The van der Waals surface area contributed by atoms with E-state index in [1.807, 2.05) is 4.90 Å². The normalized spacial score (nSPS) is 21.9. The summed E-state index contributed by atoms with van der Waals surface area (Å²) in [7, 11) is 0. The lowest BCUT2D eigenvalue weighted by Crippen LogP contribution is -2.35. The highest BCUT2D eigenvalue weighted by Crippen LogP contribution is 2.30. The minimum atomic E-state index is -0.510. The molecule has 0 radical (unpaired) electrons. The molecule has 0 aliphatic carbocycles. The zero-order chi connectivity index (χ0) is 19.7. The lowest BCUT2D eigenvalue weighted by Gasteiger charge is -2.21. The Balaban J connectivity index is 1.43. The van der Waals surface area contributed by atoms with E-state index < -0.39 is 11.9 Å². The number of hydrogen-bond donors (Lipinski definition) is 1. The van der Waals surface area contributed by atoms with Gasteiger partial charge in [0.25, 0.3) is 0 Å². The van der Waals surface area contributed by atoms with E-state index in [2.05, 4.69) is 15.6 Å². The maximum absolute atomic E-state index is 14.7. The molecule has 0 unspecified atom stereocenters. The first kappa shape index (κ1) is 18.2. The van der Waals surface area contributed by atoms with Gasteiger partial charge < -0.3 is 15.0 Å². The Morgan fingerprint density at radius 3 is 2.96 bits per heavy atom. The summed E-state index contributed by atoms with van der Waals surface area (Å²) in [4.78, 5) is 26.7. The van der Waals surface area contributed by atoms with Crippen LogP contribution < -0.4 is 15.1 Å². The van der Waals surface area contributed by atoms with Crippen LogP contribution in [0, 0.1) is 5.82 Å². The monoisotopic (exact) mass is 388 g/mol. The minimum Gasteiger partial charge on any atom is -0.442 e. The van der Waals surface area contributed by atoms with Crippen LogP contribution in [0.15, 0.2) is 30.6 Å². The van der Waals surface area contributed by atoms with E-state index in [0.29, 0.717) is 37.6 Å². The third kappa shape index (κ3) is 3.75. The molecule has 0 saturated carbocycles. The smallest absolute Gasteiger partial charge is 0.414 e. The number of benzene rings is 1. The molecule has 2 amide bonds. The third-order valence-electron chi connectivity index (χ3n) is 4.92. The van der Waals surface area contributed by atoms with Crippen molar-refractivity contribution >= 4 is 23.4 Å². The zero-order valence-corrected chi connectivity index (χ0v) is 15.4. The molecule has 3 heterocycles. The second kappa shape index (κ2) is 7.45. The standard InChI is InChI=1S/C18H21FN6O3/c1-12(26)21-13-4-6-23(9-13)17-3-2-14(8-16(17)19)25-11-15(28-18(25)27)10-24-7-5-20-22-24/h2-3,5,7-8,13,15H,4,6,9-11H2,1H3,(H,21,26)/t13-,15-/m0/s1. The largest absolute Gasteiger partial charge is 0.442 e. The molecule has 4 rings (SSSR count). The van der Waals surface area contributed by atoms with Crippen molar-refractivity contribution < 1.29 is 18.7 Å². The molecule has 2 aliphatic heterocycles. The van der Waals surface area contributed by atoms with Crippen LogP contribution in [0.4, 0.5) is 20.6 Å². The molecule has 9 nitrogen and oxygen atoms in total. The molecule has 2 atom stereocenters. The quantitative estimate of drug-likeness (QED) is 0.826. The van der Waals surface area contributed by atoms with E-state index in [0.717, 1.165) is 6.42 Å². The van der Waals surface area contributed by atoms with Gasteiger partial charge in [-0.15, -0.1) is 5.10 Å². The lowest BCUT2D eigenvalue weighted by atomic mass is 10.2. The van der Waals surface area contributed by atoms with Gasteiger partial charge in [-0.1, -0.05) is 5.21 Å². The van der Waals surface area contributed by atoms with Crippen molar-refractivity contribution in [3.8, 4) is 0 Å². The highest BCUT2D eigenvalue weighted by Gasteiger charge is 2.33. The van der Waals surface area contributed by atoms with Crippen molar-refractivity contribution in [2.45, 2.75) is 32.0 Å². The van der Waals surface area contributed by atoms with Gasteiger partial charge in [0.1, 0.15) is 11.9 Å². The second-order valence-electron chi connectivity index (χ2n) is 7.01. The Morgan fingerprint density at radius 2 is 2.25 bits per heavy atom. The molecule has 2 aliphatic rings. The number of anilines is 2. The van der Waals surface area contributed by atoms with Gasteiger partial charge in [0.15, 0.2) is 0 Å². The fourth-order valence-corrected chi connectivity index (χ4v) is 3.67. The number of ether oxygens (including phenoxy) is 1. The van der Waals surface area contributed by atoms with Gasteiger partial charge in [0.05, 0.1) is 30.7 Å². The van der Waals surface area contributed by atoms with E-state index in [1.54, 1.807) is 29.2 Å². The zero-order valence-electron chi connectivity index (χ0n) is 15.4. The first-order chi connectivity index (χ1) is 13.5. The van der Waals surface area contributed by atoms with Gasteiger partial charge in [0.2, 0.25) is 5.91 Å². The maximum Gasteiger partial charge on any atom is 0.414 e. The average Bonchev–Trinajstić information content (AvgIpc) is 3.37. The van der Waals surface area contributed by atoms with Gasteiger partial charge >= 0.3 is 6.09 Å². The summed E-state index contributed by atoms with van der Waals surface area (Å²) in [6, 6.07) is 4.74. The SMILES string of the molecule is CC(=O)N[C@H]1CCN(c2ccc(N3C[C@H](Cn4ccnn4)OC3=O)cc2F)C1. The fourth-order valence-electron chi connectivity index (χ4n) is 3.67. The Kier molecular flexibility index (Phi) is 4.84. The molecule has 28 heavy (non-hydrogen) atoms. The van der Waals surface area contributed by atoms with Gasteiger partial charge in [-0.05, 0) is 24.6 Å². The summed E-state index contributed by atoms with van der Waals surface area (Å²) in [5.74, 6) is -0.496. The van der Waals surface area contributed by atoms with Crippen molar-refractivity contribution in [1.29, 1.82) is 0 Å². The third-order valence-corrected chi connectivity index (χ3v) is 4.92. The molecule has 148 valence electrons. The summed E-state index contributed by atoms with van der Waals surface area (Å²) in [6.07, 6.45) is 3.12. The Bertz CT molecular complexity index is 874. The number of rotatable bonds is 5. The van der Waals surface area contributed by atoms with E-state index in [-0.39, 0.29) is 18.1 Å². The number of hydrogen-bond acceptors (Lipinski definition) is 6. The molecule has 10 heteroatoms. The Morgan fingerprint density at radius 1 is 1.39 bits per heavy atom.